The van der Waals surface area contributed by atoms with E-state index in [1.54, 1.807) is 6.07 Å². The lowest BCUT2D eigenvalue weighted by molar-refractivity contribution is 0.0722. The Hall–Kier alpha value is -1.51. The van der Waals surface area contributed by atoms with Gasteiger partial charge in [0.05, 0.1) is 0 Å². The van der Waals surface area contributed by atoms with Crippen molar-refractivity contribution < 1.29 is 4.79 Å². The van der Waals surface area contributed by atoms with Crippen molar-refractivity contribution in [3.05, 3.63) is 29.3 Å². The first-order valence-electron chi connectivity index (χ1n) is 6.65. The van der Waals surface area contributed by atoms with Gasteiger partial charge in [-0.15, -0.1) is 0 Å². The molecule has 1 amide bonds. The molecule has 0 aliphatic heterocycles. The van der Waals surface area contributed by atoms with Crippen LogP contribution in [0.25, 0.3) is 0 Å². The maximum Gasteiger partial charge on any atom is 0.254 e. The number of benzene rings is 1. The monoisotopic (exact) mass is 246 g/mol. The second-order valence-corrected chi connectivity index (χ2v) is 5.71. The number of nitrogen functional groups attached to an aromatic ring is 1. The molecule has 0 unspecified atom stereocenters. The molecule has 1 aromatic carbocycles. The first-order valence-corrected chi connectivity index (χ1v) is 6.65. The topological polar surface area (TPSA) is 46.3 Å². The third-order valence-corrected chi connectivity index (χ3v) is 3.16. The number of carbonyl (C=O) groups excluding carboxylic acids is 1. The quantitative estimate of drug-likeness (QED) is 0.830. The summed E-state index contributed by atoms with van der Waals surface area (Å²) < 4.78 is 0. The summed E-state index contributed by atoms with van der Waals surface area (Å²) in [6, 6.07) is 6.04. The molecule has 1 saturated carbocycles. The maximum absolute atomic E-state index is 12.5. The minimum absolute atomic E-state index is 0.126. The van der Waals surface area contributed by atoms with Crippen LogP contribution in [0.3, 0.4) is 0 Å². The number of carbonyl (C=O) groups is 1. The smallest absolute Gasteiger partial charge is 0.254 e. The highest BCUT2D eigenvalue weighted by atomic mass is 16.2. The van der Waals surface area contributed by atoms with Crippen LogP contribution in [-0.4, -0.2) is 23.4 Å². The van der Waals surface area contributed by atoms with Gasteiger partial charge in [0.15, 0.2) is 0 Å². The number of aryl methyl sites for hydroxylation is 1. The molecule has 0 atom stereocenters. The molecule has 1 aliphatic rings. The van der Waals surface area contributed by atoms with Gasteiger partial charge in [0.2, 0.25) is 0 Å². The van der Waals surface area contributed by atoms with Crippen LogP contribution < -0.4 is 5.73 Å². The Bertz CT molecular complexity index is 430. The number of hydrogen-bond donors (Lipinski definition) is 1. The number of hydrogen-bond acceptors (Lipinski definition) is 2. The Kier molecular flexibility index (Phi) is 3.60. The minimum Gasteiger partial charge on any atom is -0.399 e. The van der Waals surface area contributed by atoms with E-state index in [0.717, 1.165) is 30.5 Å². The normalized spacial score (nSPS) is 14.9. The largest absolute Gasteiger partial charge is 0.399 e. The fourth-order valence-corrected chi connectivity index (χ4v) is 2.28. The van der Waals surface area contributed by atoms with E-state index in [4.69, 9.17) is 5.73 Å². The molecule has 0 spiro atoms. The van der Waals surface area contributed by atoms with Gasteiger partial charge in [-0.1, -0.05) is 13.8 Å². The Morgan fingerprint density at radius 1 is 1.39 bits per heavy atom. The summed E-state index contributed by atoms with van der Waals surface area (Å²) in [6.45, 7) is 7.09. The molecule has 1 aromatic rings. The second-order valence-electron chi connectivity index (χ2n) is 5.71. The Morgan fingerprint density at radius 3 is 2.56 bits per heavy atom. The average Bonchev–Trinajstić information content (AvgIpc) is 3.07. The van der Waals surface area contributed by atoms with E-state index >= 15 is 0 Å². The number of rotatable bonds is 4. The summed E-state index contributed by atoms with van der Waals surface area (Å²) in [6.07, 6.45) is 2.28. The van der Waals surface area contributed by atoms with Gasteiger partial charge >= 0.3 is 0 Å². The van der Waals surface area contributed by atoms with Crippen LogP contribution in [0.2, 0.25) is 0 Å². The molecule has 1 aliphatic carbocycles. The molecular weight excluding hydrogens is 224 g/mol. The molecule has 0 saturated heterocycles. The predicted molar refractivity (Wildman–Crippen MR) is 74.5 cm³/mol. The van der Waals surface area contributed by atoms with Crippen molar-refractivity contribution in [1.29, 1.82) is 0 Å². The van der Waals surface area contributed by atoms with Crippen LogP contribution in [-0.2, 0) is 0 Å². The summed E-state index contributed by atoms with van der Waals surface area (Å²) in [5, 5.41) is 0. The number of anilines is 1. The molecule has 0 bridgehead atoms. The highest BCUT2D eigenvalue weighted by Crippen LogP contribution is 2.29. The van der Waals surface area contributed by atoms with Gasteiger partial charge in [-0.05, 0) is 49.4 Å². The van der Waals surface area contributed by atoms with Crippen LogP contribution in [0, 0.1) is 12.8 Å². The highest BCUT2D eigenvalue weighted by molar-refractivity contribution is 5.95. The van der Waals surface area contributed by atoms with Crippen molar-refractivity contribution in [2.24, 2.45) is 5.92 Å². The maximum atomic E-state index is 12.5. The molecule has 2 N–H and O–H groups in total. The first kappa shape index (κ1) is 12.9. The van der Waals surface area contributed by atoms with E-state index < -0.39 is 0 Å². The van der Waals surface area contributed by atoms with E-state index in [2.05, 4.69) is 13.8 Å². The van der Waals surface area contributed by atoms with Gasteiger partial charge in [-0.3, -0.25) is 4.79 Å². The van der Waals surface area contributed by atoms with E-state index in [9.17, 15) is 4.79 Å². The van der Waals surface area contributed by atoms with Crippen molar-refractivity contribution in [1.82, 2.24) is 4.90 Å². The third kappa shape index (κ3) is 3.03. The van der Waals surface area contributed by atoms with Crippen LogP contribution in [0.5, 0.6) is 0 Å². The fourth-order valence-electron chi connectivity index (χ4n) is 2.28. The Morgan fingerprint density at radius 2 is 2.06 bits per heavy atom. The molecule has 0 aromatic heterocycles. The Balaban J connectivity index is 2.21. The molecule has 0 radical (unpaired) electrons. The Labute approximate surface area is 109 Å². The summed E-state index contributed by atoms with van der Waals surface area (Å²) in [5.41, 5.74) is 8.25. The standard InChI is InChI=1S/C15H22N2O/c1-10(2)9-17(14-4-5-14)15(18)12-6-11(3)7-13(16)8-12/h6-8,10,14H,4-5,9,16H2,1-3H3. The van der Waals surface area contributed by atoms with Crippen molar-refractivity contribution in [3.8, 4) is 0 Å². The first-order chi connectivity index (χ1) is 8.47. The predicted octanol–water partition coefficient (Wildman–Crippen LogP) is 2.84. The summed E-state index contributed by atoms with van der Waals surface area (Å²) >= 11 is 0. The van der Waals surface area contributed by atoms with Gasteiger partial charge in [0.1, 0.15) is 0 Å². The van der Waals surface area contributed by atoms with Crippen LogP contribution in [0.4, 0.5) is 5.69 Å². The molecule has 2 rings (SSSR count). The van der Waals surface area contributed by atoms with Gasteiger partial charge < -0.3 is 10.6 Å². The lowest BCUT2D eigenvalue weighted by Gasteiger charge is -2.24. The molecular formula is C15H22N2O. The zero-order valence-corrected chi connectivity index (χ0v) is 11.4. The molecule has 98 valence electrons. The highest BCUT2D eigenvalue weighted by Gasteiger charge is 2.33. The minimum atomic E-state index is 0.126. The third-order valence-electron chi connectivity index (χ3n) is 3.16. The van der Waals surface area contributed by atoms with Gasteiger partial charge in [-0.25, -0.2) is 0 Å². The van der Waals surface area contributed by atoms with E-state index in [0.29, 0.717) is 17.6 Å². The van der Waals surface area contributed by atoms with E-state index in [1.807, 2.05) is 24.0 Å². The van der Waals surface area contributed by atoms with E-state index in [1.165, 1.54) is 0 Å². The van der Waals surface area contributed by atoms with Crippen molar-refractivity contribution in [2.75, 3.05) is 12.3 Å². The van der Waals surface area contributed by atoms with Gasteiger partial charge in [0.25, 0.3) is 5.91 Å². The van der Waals surface area contributed by atoms with Crippen LogP contribution >= 0.6 is 0 Å². The van der Waals surface area contributed by atoms with Crippen LogP contribution in [0.15, 0.2) is 18.2 Å². The van der Waals surface area contributed by atoms with Crippen molar-refractivity contribution >= 4 is 11.6 Å². The molecule has 0 heterocycles. The summed E-state index contributed by atoms with van der Waals surface area (Å²) in [7, 11) is 0. The molecule has 3 nitrogen and oxygen atoms in total. The van der Waals surface area contributed by atoms with Crippen molar-refractivity contribution in [3.63, 3.8) is 0 Å². The lowest BCUT2D eigenvalue weighted by atomic mass is 10.1. The average molecular weight is 246 g/mol. The molecule has 3 heteroatoms. The van der Waals surface area contributed by atoms with Crippen LogP contribution in [0.1, 0.15) is 42.6 Å². The fraction of sp³-hybridized carbons (Fsp3) is 0.533. The zero-order chi connectivity index (χ0) is 13.3. The SMILES string of the molecule is Cc1cc(N)cc(C(=O)N(CC(C)C)C2CC2)c1. The van der Waals surface area contributed by atoms with Gasteiger partial charge in [-0.2, -0.15) is 0 Å². The number of nitrogens with zero attached hydrogens (tertiary/aromatic N) is 1. The second kappa shape index (κ2) is 5.01. The summed E-state index contributed by atoms with van der Waals surface area (Å²) in [5.74, 6) is 0.623. The number of nitrogens with two attached hydrogens (primary N) is 1. The molecule has 1 fully saturated rings. The lowest BCUT2D eigenvalue weighted by Crippen LogP contribution is -2.36. The molecule has 18 heavy (non-hydrogen) atoms. The van der Waals surface area contributed by atoms with Gasteiger partial charge in [0, 0.05) is 23.8 Å². The zero-order valence-electron chi connectivity index (χ0n) is 11.4. The van der Waals surface area contributed by atoms with E-state index in [-0.39, 0.29) is 5.91 Å². The van der Waals surface area contributed by atoms with Crippen molar-refractivity contribution in [2.45, 2.75) is 39.7 Å². The summed E-state index contributed by atoms with van der Waals surface area (Å²) in [4.78, 5) is 14.5. The number of amides is 1.